The molecule has 4 nitrogen and oxygen atoms in total. The highest BCUT2D eigenvalue weighted by atomic mass is 32.2. The number of hydrogen-bond donors (Lipinski definition) is 1. The molecule has 124 valence electrons. The molecule has 0 aliphatic rings. The van der Waals surface area contributed by atoms with Crippen LogP contribution in [0.2, 0.25) is 0 Å². The maximum atomic E-state index is 12.8. The van der Waals surface area contributed by atoms with Gasteiger partial charge in [-0.05, 0) is 42.5 Å². The number of nitrogens with zero attached hydrogens (tertiary/aromatic N) is 1. The van der Waals surface area contributed by atoms with Crippen molar-refractivity contribution in [1.82, 2.24) is 9.71 Å². The fraction of sp³-hybridized carbons (Fsp3) is 0.211. The van der Waals surface area contributed by atoms with E-state index in [1.54, 1.807) is 30.6 Å². The van der Waals surface area contributed by atoms with E-state index in [4.69, 9.17) is 0 Å². The number of fused-ring (bicyclic) bond motifs is 1. The van der Waals surface area contributed by atoms with E-state index in [1.807, 2.05) is 44.2 Å². The van der Waals surface area contributed by atoms with E-state index in [0.29, 0.717) is 6.42 Å². The van der Waals surface area contributed by atoms with Crippen molar-refractivity contribution in [2.24, 2.45) is 0 Å². The summed E-state index contributed by atoms with van der Waals surface area (Å²) in [6, 6.07) is 14.6. The second-order valence-corrected chi connectivity index (χ2v) is 7.59. The highest BCUT2D eigenvalue weighted by molar-refractivity contribution is 7.89. The first-order valence-electron chi connectivity index (χ1n) is 7.92. The number of hydrogen-bond acceptors (Lipinski definition) is 3. The molecule has 0 aliphatic carbocycles. The molecule has 1 heterocycles. The standard InChI is InChI=1S/C19H20N2O2S/c1-3-19(15-6-4-14(2)5-7-15)21-24(22,23)18-9-8-17-13-20-11-10-16(17)12-18/h4-13,19,21H,3H2,1-2H3. The molecule has 0 aliphatic heterocycles. The molecule has 0 saturated carbocycles. The molecule has 1 unspecified atom stereocenters. The summed E-state index contributed by atoms with van der Waals surface area (Å²) < 4.78 is 28.3. The van der Waals surface area contributed by atoms with Gasteiger partial charge in [0, 0.05) is 23.8 Å². The maximum Gasteiger partial charge on any atom is 0.241 e. The van der Waals surface area contributed by atoms with Crippen LogP contribution in [-0.2, 0) is 10.0 Å². The van der Waals surface area contributed by atoms with E-state index in [-0.39, 0.29) is 10.9 Å². The minimum atomic E-state index is -3.59. The van der Waals surface area contributed by atoms with Gasteiger partial charge in [0.05, 0.1) is 4.90 Å². The predicted octanol–water partition coefficient (Wildman–Crippen LogP) is 3.97. The molecule has 1 N–H and O–H groups in total. The van der Waals surface area contributed by atoms with Gasteiger partial charge >= 0.3 is 0 Å². The van der Waals surface area contributed by atoms with Gasteiger partial charge in [-0.3, -0.25) is 4.98 Å². The van der Waals surface area contributed by atoms with Crippen LogP contribution in [-0.4, -0.2) is 13.4 Å². The Hall–Kier alpha value is -2.24. The zero-order valence-corrected chi connectivity index (χ0v) is 14.5. The summed E-state index contributed by atoms with van der Waals surface area (Å²) in [4.78, 5) is 4.32. The van der Waals surface area contributed by atoms with E-state index in [0.717, 1.165) is 21.9 Å². The minimum absolute atomic E-state index is 0.247. The normalized spacial score (nSPS) is 13.1. The molecule has 1 atom stereocenters. The van der Waals surface area contributed by atoms with Crippen molar-refractivity contribution < 1.29 is 8.42 Å². The number of pyridine rings is 1. The van der Waals surface area contributed by atoms with E-state index in [1.165, 1.54) is 0 Å². The highest BCUT2D eigenvalue weighted by Crippen LogP contribution is 2.23. The van der Waals surface area contributed by atoms with Gasteiger partial charge in [0.25, 0.3) is 0 Å². The summed E-state index contributed by atoms with van der Waals surface area (Å²) in [6.45, 7) is 3.98. The van der Waals surface area contributed by atoms with Gasteiger partial charge < -0.3 is 0 Å². The average Bonchev–Trinajstić information content (AvgIpc) is 2.60. The predicted molar refractivity (Wildman–Crippen MR) is 96.3 cm³/mol. The number of benzene rings is 2. The van der Waals surface area contributed by atoms with Crippen LogP contribution in [0, 0.1) is 6.92 Å². The molecule has 5 heteroatoms. The van der Waals surface area contributed by atoms with Gasteiger partial charge in [0.2, 0.25) is 10.0 Å². The molecule has 3 rings (SSSR count). The third kappa shape index (κ3) is 3.47. The van der Waals surface area contributed by atoms with Crippen LogP contribution in [0.1, 0.15) is 30.5 Å². The van der Waals surface area contributed by atoms with Crippen LogP contribution in [0.4, 0.5) is 0 Å². The summed E-state index contributed by atoms with van der Waals surface area (Å²) in [5, 5.41) is 1.78. The molecule has 0 radical (unpaired) electrons. The zero-order valence-electron chi connectivity index (χ0n) is 13.7. The van der Waals surface area contributed by atoms with Crippen LogP contribution in [0.15, 0.2) is 65.8 Å². The van der Waals surface area contributed by atoms with Crippen LogP contribution in [0.3, 0.4) is 0 Å². The molecule has 0 amide bonds. The van der Waals surface area contributed by atoms with E-state index < -0.39 is 10.0 Å². The summed E-state index contributed by atoms with van der Waals surface area (Å²) in [5.41, 5.74) is 2.12. The lowest BCUT2D eigenvalue weighted by Gasteiger charge is -2.18. The molecular weight excluding hydrogens is 320 g/mol. The molecular formula is C19H20N2O2S. The third-order valence-electron chi connectivity index (χ3n) is 4.11. The van der Waals surface area contributed by atoms with Gasteiger partial charge in [-0.1, -0.05) is 42.8 Å². The van der Waals surface area contributed by atoms with Crippen LogP contribution in [0.25, 0.3) is 10.8 Å². The Morgan fingerprint density at radius 1 is 1.04 bits per heavy atom. The van der Waals surface area contributed by atoms with Gasteiger partial charge in [0.1, 0.15) is 0 Å². The highest BCUT2D eigenvalue weighted by Gasteiger charge is 2.20. The minimum Gasteiger partial charge on any atom is -0.264 e. The van der Waals surface area contributed by atoms with E-state index in [2.05, 4.69) is 9.71 Å². The van der Waals surface area contributed by atoms with Crippen molar-refractivity contribution in [3.05, 3.63) is 72.1 Å². The topological polar surface area (TPSA) is 59.1 Å². The first kappa shape index (κ1) is 16.6. The summed E-state index contributed by atoms with van der Waals surface area (Å²) >= 11 is 0. The molecule has 0 fully saturated rings. The van der Waals surface area contributed by atoms with Gasteiger partial charge in [-0.2, -0.15) is 0 Å². The SMILES string of the molecule is CCC(NS(=O)(=O)c1ccc2cnccc2c1)c1ccc(C)cc1. The maximum absolute atomic E-state index is 12.8. The quantitative estimate of drug-likeness (QED) is 0.764. The van der Waals surface area contributed by atoms with Crippen molar-refractivity contribution in [1.29, 1.82) is 0 Å². The third-order valence-corrected chi connectivity index (χ3v) is 5.58. The molecule has 0 bridgehead atoms. The van der Waals surface area contributed by atoms with Crippen LogP contribution >= 0.6 is 0 Å². The van der Waals surface area contributed by atoms with Gasteiger partial charge in [0.15, 0.2) is 0 Å². The largest absolute Gasteiger partial charge is 0.264 e. The molecule has 0 spiro atoms. The molecule has 24 heavy (non-hydrogen) atoms. The lowest BCUT2D eigenvalue weighted by atomic mass is 10.0. The Balaban J connectivity index is 1.91. The summed E-state index contributed by atoms with van der Waals surface area (Å²) in [5.74, 6) is 0. The van der Waals surface area contributed by atoms with Gasteiger partial charge in [-0.15, -0.1) is 0 Å². The first-order valence-corrected chi connectivity index (χ1v) is 9.40. The Bertz CT molecular complexity index is 951. The van der Waals surface area contributed by atoms with Crippen LogP contribution < -0.4 is 4.72 Å². The number of aryl methyl sites for hydroxylation is 1. The second kappa shape index (κ2) is 6.71. The van der Waals surface area contributed by atoms with E-state index >= 15 is 0 Å². The summed E-state index contributed by atoms with van der Waals surface area (Å²) in [6.07, 6.45) is 4.06. The zero-order chi connectivity index (χ0) is 17.2. The Kier molecular flexibility index (Phi) is 4.64. The average molecular weight is 340 g/mol. The Morgan fingerprint density at radius 2 is 1.79 bits per heavy atom. The number of aromatic nitrogens is 1. The van der Waals surface area contributed by atoms with Crippen molar-refractivity contribution in [2.75, 3.05) is 0 Å². The molecule has 0 saturated heterocycles. The second-order valence-electron chi connectivity index (χ2n) is 5.88. The molecule has 2 aromatic carbocycles. The molecule has 3 aromatic rings. The lowest BCUT2D eigenvalue weighted by molar-refractivity contribution is 0.550. The monoisotopic (exact) mass is 340 g/mol. The number of rotatable bonds is 5. The fourth-order valence-corrected chi connectivity index (χ4v) is 4.01. The number of sulfonamides is 1. The smallest absolute Gasteiger partial charge is 0.241 e. The Labute approximate surface area is 142 Å². The van der Waals surface area contributed by atoms with Crippen molar-refractivity contribution in [3.8, 4) is 0 Å². The van der Waals surface area contributed by atoms with Crippen molar-refractivity contribution >= 4 is 20.8 Å². The molecule has 1 aromatic heterocycles. The number of nitrogens with one attached hydrogen (secondary N) is 1. The fourth-order valence-electron chi connectivity index (χ4n) is 2.67. The van der Waals surface area contributed by atoms with Crippen molar-refractivity contribution in [3.63, 3.8) is 0 Å². The first-order chi connectivity index (χ1) is 11.5. The lowest BCUT2D eigenvalue weighted by Crippen LogP contribution is -2.28. The Morgan fingerprint density at radius 3 is 2.50 bits per heavy atom. The van der Waals surface area contributed by atoms with E-state index in [9.17, 15) is 8.42 Å². The van der Waals surface area contributed by atoms with Gasteiger partial charge in [-0.25, -0.2) is 13.1 Å². The van der Waals surface area contributed by atoms with Crippen molar-refractivity contribution in [2.45, 2.75) is 31.2 Å². The van der Waals surface area contributed by atoms with Crippen LogP contribution in [0.5, 0.6) is 0 Å². The summed E-state index contributed by atoms with van der Waals surface area (Å²) in [7, 11) is -3.59.